The van der Waals surface area contributed by atoms with E-state index in [1.807, 2.05) is 0 Å². The summed E-state index contributed by atoms with van der Waals surface area (Å²) in [6.45, 7) is 5.18. The van der Waals surface area contributed by atoms with Crippen molar-refractivity contribution in [3.63, 3.8) is 0 Å². The number of hydrogen-bond acceptors (Lipinski definition) is 3. The first-order valence-electron chi connectivity index (χ1n) is 7.17. The number of methoxy groups -OCH3 is 1. The minimum absolute atomic E-state index is 0.243. The number of nitrogens with one attached hydrogen (secondary N) is 1. The highest BCUT2D eigenvalue weighted by atomic mass is 32.2. The van der Waals surface area contributed by atoms with E-state index in [0.29, 0.717) is 22.4 Å². The van der Waals surface area contributed by atoms with Crippen molar-refractivity contribution < 1.29 is 17.5 Å². The summed E-state index contributed by atoms with van der Waals surface area (Å²) in [5.74, 6) is 0.260. The van der Waals surface area contributed by atoms with E-state index in [1.54, 1.807) is 45.0 Å². The average Bonchev–Trinajstić information content (AvgIpc) is 2.46. The van der Waals surface area contributed by atoms with Crippen LogP contribution in [0, 0.1) is 19.7 Å². The third-order valence-electron chi connectivity index (χ3n) is 3.64. The Hall–Kier alpha value is -1.92. The Balaban J connectivity index is 2.34. The second-order valence-electron chi connectivity index (χ2n) is 5.48. The van der Waals surface area contributed by atoms with Crippen LogP contribution >= 0.6 is 0 Å². The third-order valence-corrected chi connectivity index (χ3v) is 5.49. The monoisotopic (exact) mass is 337 g/mol. The highest BCUT2D eigenvalue weighted by molar-refractivity contribution is 7.89. The molecule has 0 aliphatic carbocycles. The van der Waals surface area contributed by atoms with Crippen LogP contribution in [-0.2, 0) is 10.0 Å². The quantitative estimate of drug-likeness (QED) is 0.908. The van der Waals surface area contributed by atoms with Crippen LogP contribution in [0.4, 0.5) is 4.39 Å². The highest BCUT2D eigenvalue weighted by Gasteiger charge is 2.23. The van der Waals surface area contributed by atoms with E-state index in [2.05, 4.69) is 4.72 Å². The first-order valence-corrected chi connectivity index (χ1v) is 8.66. The van der Waals surface area contributed by atoms with Crippen LogP contribution in [0.2, 0.25) is 0 Å². The van der Waals surface area contributed by atoms with Crippen molar-refractivity contribution in [1.82, 2.24) is 4.72 Å². The summed E-state index contributed by atoms with van der Waals surface area (Å²) in [5.41, 5.74) is 1.92. The fourth-order valence-electron chi connectivity index (χ4n) is 2.56. The number of sulfonamides is 1. The standard InChI is InChI=1S/C17H20FNO3S/c1-11-9-16(22-4)10-12(2)17(11)23(20,21)19-13(3)14-5-7-15(18)8-6-14/h5-10,13,19H,1-4H3. The summed E-state index contributed by atoms with van der Waals surface area (Å²) >= 11 is 0. The molecule has 0 heterocycles. The second kappa shape index (κ2) is 6.68. The predicted molar refractivity (Wildman–Crippen MR) is 87.6 cm³/mol. The van der Waals surface area contributed by atoms with Crippen molar-refractivity contribution in [3.8, 4) is 5.75 Å². The normalized spacial score (nSPS) is 12.9. The summed E-state index contributed by atoms with van der Waals surface area (Å²) in [5, 5.41) is 0. The largest absolute Gasteiger partial charge is 0.497 e. The van der Waals surface area contributed by atoms with Gasteiger partial charge in [-0.1, -0.05) is 12.1 Å². The van der Waals surface area contributed by atoms with Gasteiger partial charge >= 0.3 is 0 Å². The van der Waals surface area contributed by atoms with E-state index in [-0.39, 0.29) is 10.7 Å². The molecule has 1 atom stereocenters. The zero-order chi connectivity index (χ0) is 17.2. The Labute approximate surface area is 136 Å². The predicted octanol–water partition coefficient (Wildman–Crippen LogP) is 3.49. The molecular formula is C17H20FNO3S. The van der Waals surface area contributed by atoms with Gasteiger partial charge in [0.05, 0.1) is 12.0 Å². The van der Waals surface area contributed by atoms with Gasteiger partial charge in [0.25, 0.3) is 0 Å². The van der Waals surface area contributed by atoms with E-state index in [0.717, 1.165) is 0 Å². The molecule has 124 valence electrons. The van der Waals surface area contributed by atoms with Gasteiger partial charge in [-0.3, -0.25) is 0 Å². The van der Waals surface area contributed by atoms with Gasteiger partial charge in [-0.25, -0.2) is 17.5 Å². The molecule has 0 saturated heterocycles. The summed E-state index contributed by atoms with van der Waals surface area (Å²) in [6, 6.07) is 8.65. The minimum Gasteiger partial charge on any atom is -0.497 e. The van der Waals surface area contributed by atoms with Gasteiger partial charge < -0.3 is 4.74 Å². The zero-order valence-corrected chi connectivity index (χ0v) is 14.4. The van der Waals surface area contributed by atoms with E-state index in [4.69, 9.17) is 4.74 Å². The smallest absolute Gasteiger partial charge is 0.241 e. The molecule has 0 aliphatic heterocycles. The van der Waals surface area contributed by atoms with Crippen LogP contribution in [0.15, 0.2) is 41.3 Å². The van der Waals surface area contributed by atoms with E-state index < -0.39 is 16.1 Å². The molecule has 0 aliphatic rings. The molecule has 2 rings (SSSR count). The zero-order valence-electron chi connectivity index (χ0n) is 13.6. The van der Waals surface area contributed by atoms with Crippen LogP contribution in [-0.4, -0.2) is 15.5 Å². The van der Waals surface area contributed by atoms with Crippen molar-refractivity contribution in [1.29, 1.82) is 0 Å². The lowest BCUT2D eigenvalue weighted by molar-refractivity contribution is 0.413. The summed E-state index contributed by atoms with van der Waals surface area (Å²) < 4.78 is 46.2. The molecule has 0 saturated carbocycles. The Morgan fingerprint density at radius 1 is 1.09 bits per heavy atom. The third kappa shape index (κ3) is 3.89. The Kier molecular flexibility index (Phi) is 5.06. The van der Waals surface area contributed by atoms with Gasteiger partial charge in [0.15, 0.2) is 0 Å². The molecule has 2 aromatic rings. The van der Waals surface area contributed by atoms with Crippen molar-refractivity contribution in [2.75, 3.05) is 7.11 Å². The molecule has 4 nitrogen and oxygen atoms in total. The second-order valence-corrected chi connectivity index (χ2v) is 7.14. The number of benzene rings is 2. The van der Waals surface area contributed by atoms with Crippen LogP contribution in [0.25, 0.3) is 0 Å². The van der Waals surface area contributed by atoms with Gasteiger partial charge in [-0.05, 0) is 61.7 Å². The lowest BCUT2D eigenvalue weighted by Gasteiger charge is -2.18. The van der Waals surface area contributed by atoms with Gasteiger partial charge in [-0.15, -0.1) is 0 Å². The maximum atomic E-state index is 13.0. The number of rotatable bonds is 5. The minimum atomic E-state index is -3.70. The number of aryl methyl sites for hydroxylation is 2. The van der Waals surface area contributed by atoms with Gasteiger partial charge in [-0.2, -0.15) is 0 Å². The molecule has 0 radical (unpaired) electrons. The molecule has 6 heteroatoms. The van der Waals surface area contributed by atoms with Crippen LogP contribution in [0.5, 0.6) is 5.75 Å². The molecule has 0 bridgehead atoms. The maximum Gasteiger partial charge on any atom is 0.241 e. The SMILES string of the molecule is COc1cc(C)c(S(=O)(=O)NC(C)c2ccc(F)cc2)c(C)c1. The molecule has 0 spiro atoms. The van der Waals surface area contributed by atoms with E-state index >= 15 is 0 Å². The molecule has 2 aromatic carbocycles. The number of ether oxygens (including phenoxy) is 1. The topological polar surface area (TPSA) is 55.4 Å². The first-order chi connectivity index (χ1) is 10.7. The fourth-order valence-corrected chi connectivity index (χ4v) is 4.25. The summed E-state index contributed by atoms with van der Waals surface area (Å²) in [7, 11) is -2.16. The molecular weight excluding hydrogens is 317 g/mol. The van der Waals surface area contributed by atoms with Crippen molar-refractivity contribution >= 4 is 10.0 Å². The molecule has 0 amide bonds. The molecule has 1 N–H and O–H groups in total. The molecule has 1 unspecified atom stereocenters. The maximum absolute atomic E-state index is 13.0. The average molecular weight is 337 g/mol. The molecule has 0 aromatic heterocycles. The lowest BCUT2D eigenvalue weighted by Crippen LogP contribution is -2.28. The molecule has 23 heavy (non-hydrogen) atoms. The Bertz CT molecular complexity index is 778. The Morgan fingerprint density at radius 3 is 2.09 bits per heavy atom. The highest BCUT2D eigenvalue weighted by Crippen LogP contribution is 2.27. The van der Waals surface area contributed by atoms with Gasteiger partial charge in [0.2, 0.25) is 10.0 Å². The van der Waals surface area contributed by atoms with Crippen molar-refractivity contribution in [2.45, 2.75) is 31.7 Å². The summed E-state index contributed by atoms with van der Waals surface area (Å²) in [6.07, 6.45) is 0. The molecule has 0 fully saturated rings. The fraction of sp³-hybridized carbons (Fsp3) is 0.294. The van der Waals surface area contributed by atoms with Crippen LogP contribution < -0.4 is 9.46 Å². The van der Waals surface area contributed by atoms with Crippen molar-refractivity contribution in [2.24, 2.45) is 0 Å². The van der Waals surface area contributed by atoms with E-state index in [1.165, 1.54) is 19.2 Å². The summed E-state index contributed by atoms with van der Waals surface area (Å²) in [4.78, 5) is 0.243. The van der Waals surface area contributed by atoms with Gasteiger partial charge in [0, 0.05) is 6.04 Å². The number of halogens is 1. The van der Waals surface area contributed by atoms with Gasteiger partial charge in [0.1, 0.15) is 11.6 Å². The van der Waals surface area contributed by atoms with Crippen molar-refractivity contribution in [3.05, 3.63) is 58.9 Å². The Morgan fingerprint density at radius 2 is 1.61 bits per heavy atom. The number of hydrogen-bond donors (Lipinski definition) is 1. The lowest BCUT2D eigenvalue weighted by atomic mass is 10.1. The van der Waals surface area contributed by atoms with E-state index in [9.17, 15) is 12.8 Å². The van der Waals surface area contributed by atoms with Crippen LogP contribution in [0.3, 0.4) is 0 Å². The first kappa shape index (κ1) is 17.4. The van der Waals surface area contributed by atoms with Crippen LogP contribution in [0.1, 0.15) is 29.7 Å².